The molecule has 0 fully saturated rings. The summed E-state index contributed by atoms with van der Waals surface area (Å²) in [6.45, 7) is 0.972. The fourth-order valence-corrected chi connectivity index (χ4v) is 0. The second kappa shape index (κ2) is 7.57. The summed E-state index contributed by atoms with van der Waals surface area (Å²) >= 11 is 0. The summed E-state index contributed by atoms with van der Waals surface area (Å²) in [5.41, 5.74) is 0. The minimum atomic E-state index is -5.39. The van der Waals surface area contributed by atoms with Crippen LogP contribution in [0, 0.1) is 0 Å². The van der Waals surface area contributed by atoms with Crippen LogP contribution in [-0.4, -0.2) is 5.97 Å². The summed E-state index contributed by atoms with van der Waals surface area (Å²) in [4.78, 5) is 34.5. The van der Waals surface area contributed by atoms with Gasteiger partial charge in [0.1, 0.15) is 0 Å². The minimum absolute atomic E-state index is 0. The summed E-state index contributed by atoms with van der Waals surface area (Å²) < 4.78 is 8.55. The molecule has 0 saturated heterocycles. The van der Waals surface area contributed by atoms with Crippen LogP contribution in [0.5, 0.6) is 0 Å². The van der Waals surface area contributed by atoms with E-state index < -0.39 is 13.8 Å². The zero-order valence-electron chi connectivity index (χ0n) is 4.90. The molecule has 0 atom stereocenters. The summed E-state index contributed by atoms with van der Waals surface area (Å²) in [5.74, 6) is -1.08. The predicted molar refractivity (Wildman–Crippen MR) is 18.3 cm³/mol. The van der Waals surface area contributed by atoms with E-state index in [4.69, 9.17) is 29.1 Å². The average molecular weight is 245 g/mol. The molecule has 0 spiro atoms. The Bertz CT molecular complexity index is 115. The number of phosphoric acid groups is 1. The van der Waals surface area contributed by atoms with Gasteiger partial charge in [0.15, 0.2) is 0 Å². The van der Waals surface area contributed by atoms with Gasteiger partial charge in [0, 0.05) is 5.97 Å². The molecule has 0 saturated carbocycles. The second-order valence-corrected chi connectivity index (χ2v) is 1.83. The Kier molecular flexibility index (Phi) is 12.7. The zero-order chi connectivity index (χ0) is 8.08. The zero-order valence-corrected chi connectivity index (χ0v) is 8.25. The van der Waals surface area contributed by atoms with E-state index in [2.05, 4.69) is 0 Å². The number of hydrogen-bond donors (Lipinski definition) is 0. The Morgan fingerprint density at radius 3 is 1.30 bits per heavy atom. The maximum Gasteiger partial charge on any atom is 2.00 e. The Labute approximate surface area is 76.2 Å². The van der Waals surface area contributed by atoms with Crippen LogP contribution in [0.15, 0.2) is 0 Å². The number of hydrogen-bond acceptors (Lipinski definition) is 6. The largest absolute Gasteiger partial charge is 2.00 e. The molecular formula is C2H3O6PZr-2. The fraction of sp³-hybridized carbons (Fsp3) is 0.500. The summed E-state index contributed by atoms with van der Waals surface area (Å²) in [6.07, 6.45) is 0. The van der Waals surface area contributed by atoms with Crippen molar-refractivity contribution < 1.29 is 55.3 Å². The van der Waals surface area contributed by atoms with Crippen LogP contribution >= 0.6 is 7.82 Å². The normalized spacial score (nSPS) is 8.40. The molecule has 0 aliphatic heterocycles. The van der Waals surface area contributed by atoms with Gasteiger partial charge in [0.05, 0.1) is 0 Å². The van der Waals surface area contributed by atoms with Crippen molar-refractivity contribution >= 4 is 13.8 Å². The fourth-order valence-electron chi connectivity index (χ4n) is 0. The van der Waals surface area contributed by atoms with Crippen molar-refractivity contribution in [1.29, 1.82) is 0 Å². The van der Waals surface area contributed by atoms with Gasteiger partial charge in [-0.2, -0.15) is 7.82 Å². The summed E-state index contributed by atoms with van der Waals surface area (Å²) in [6, 6.07) is 0. The molecule has 0 aromatic carbocycles. The van der Waals surface area contributed by atoms with Crippen LogP contribution in [0.3, 0.4) is 0 Å². The van der Waals surface area contributed by atoms with Crippen LogP contribution < -0.4 is 19.8 Å². The van der Waals surface area contributed by atoms with Gasteiger partial charge in [-0.25, -0.2) is 0 Å². The molecule has 58 valence electrons. The van der Waals surface area contributed by atoms with Crippen LogP contribution in [0.1, 0.15) is 6.92 Å². The molecule has 0 heterocycles. The van der Waals surface area contributed by atoms with E-state index >= 15 is 0 Å². The third-order valence-corrected chi connectivity index (χ3v) is 0. The molecule has 0 bridgehead atoms. The number of carboxylic acids is 1. The van der Waals surface area contributed by atoms with Crippen molar-refractivity contribution in [3.63, 3.8) is 0 Å². The van der Waals surface area contributed by atoms with Gasteiger partial charge in [-0.05, 0) is 6.92 Å². The molecule has 10 heavy (non-hydrogen) atoms. The number of carboxylic acid groups (broad SMARTS) is 1. The Balaban J connectivity index is -0.0000000910. The molecule has 0 aliphatic rings. The van der Waals surface area contributed by atoms with E-state index in [0.717, 1.165) is 6.92 Å². The Morgan fingerprint density at radius 2 is 1.30 bits per heavy atom. The SMILES string of the molecule is CC(=O)[O-].O=P([O-])([O-])[O-].[Zr+2]. The summed E-state index contributed by atoms with van der Waals surface area (Å²) in [5, 5.41) is 8.89. The van der Waals surface area contributed by atoms with Gasteiger partial charge in [0.25, 0.3) is 0 Å². The van der Waals surface area contributed by atoms with Gasteiger partial charge in [-0.15, -0.1) is 0 Å². The third-order valence-electron chi connectivity index (χ3n) is 0. The Morgan fingerprint density at radius 1 is 1.30 bits per heavy atom. The summed E-state index contributed by atoms with van der Waals surface area (Å²) in [7, 11) is -5.39. The first-order valence-corrected chi connectivity index (χ1v) is 3.10. The number of aliphatic carboxylic acids is 1. The van der Waals surface area contributed by atoms with Crippen molar-refractivity contribution in [2.75, 3.05) is 0 Å². The van der Waals surface area contributed by atoms with Crippen molar-refractivity contribution in [2.24, 2.45) is 0 Å². The smallest absolute Gasteiger partial charge is 0.822 e. The molecular weight excluding hydrogens is 242 g/mol. The van der Waals surface area contributed by atoms with E-state index in [0.29, 0.717) is 0 Å². The van der Waals surface area contributed by atoms with E-state index in [9.17, 15) is 0 Å². The quantitative estimate of drug-likeness (QED) is 0.399. The molecule has 8 heteroatoms. The molecule has 0 rings (SSSR count). The van der Waals surface area contributed by atoms with Crippen LogP contribution in [0.25, 0.3) is 0 Å². The number of carbonyl (C=O) groups is 1. The Hall–Kier alpha value is 0.463. The maximum absolute atomic E-state index is 8.89. The predicted octanol–water partition coefficient (Wildman–Crippen LogP) is -4.07. The van der Waals surface area contributed by atoms with Gasteiger partial charge < -0.3 is 29.1 Å². The monoisotopic (exact) mass is 244 g/mol. The molecule has 0 aliphatic carbocycles. The van der Waals surface area contributed by atoms with Crippen molar-refractivity contribution in [2.45, 2.75) is 6.92 Å². The topological polar surface area (TPSA) is 126 Å². The molecule has 0 radical (unpaired) electrons. The van der Waals surface area contributed by atoms with Crippen molar-refractivity contribution in [3.05, 3.63) is 0 Å². The van der Waals surface area contributed by atoms with Crippen LogP contribution in [0.2, 0.25) is 0 Å². The maximum atomic E-state index is 8.89. The number of carbonyl (C=O) groups excluding carboxylic acids is 1. The van der Waals surface area contributed by atoms with Gasteiger partial charge in [-0.3, -0.25) is 0 Å². The first kappa shape index (κ1) is 16.8. The molecule has 0 aromatic heterocycles. The third kappa shape index (κ3) is 2200. The molecule has 6 nitrogen and oxygen atoms in total. The average Bonchev–Trinajstić information content (AvgIpc) is 1.19. The van der Waals surface area contributed by atoms with E-state index in [1.54, 1.807) is 0 Å². The second-order valence-electron chi connectivity index (χ2n) is 0.939. The molecule has 0 N–H and O–H groups in total. The van der Waals surface area contributed by atoms with Crippen LogP contribution in [-0.2, 0) is 35.6 Å². The van der Waals surface area contributed by atoms with E-state index in [-0.39, 0.29) is 26.2 Å². The molecule has 0 unspecified atom stereocenters. The van der Waals surface area contributed by atoms with Crippen molar-refractivity contribution in [1.82, 2.24) is 0 Å². The van der Waals surface area contributed by atoms with E-state index in [1.165, 1.54) is 0 Å². The van der Waals surface area contributed by atoms with Crippen LogP contribution in [0.4, 0.5) is 0 Å². The number of rotatable bonds is 0. The first-order chi connectivity index (χ1) is 3.73. The van der Waals surface area contributed by atoms with Gasteiger partial charge in [0.2, 0.25) is 0 Å². The van der Waals surface area contributed by atoms with Gasteiger partial charge in [-0.1, -0.05) is 0 Å². The first-order valence-electron chi connectivity index (χ1n) is 1.64. The molecule has 0 aromatic rings. The van der Waals surface area contributed by atoms with Crippen molar-refractivity contribution in [3.8, 4) is 0 Å². The minimum Gasteiger partial charge on any atom is -0.822 e. The standard InChI is InChI=1S/C2H4O2.H3O4P.Zr/c1-2(3)4;1-5(2,3)4;/h1H3,(H,3,4);(H3,1,2,3,4);/q;;+2/p-4. The van der Waals surface area contributed by atoms with E-state index in [1.807, 2.05) is 0 Å². The molecule has 0 amide bonds. The van der Waals surface area contributed by atoms with Gasteiger partial charge >= 0.3 is 26.2 Å².